The molecule has 3 aliphatic rings. The van der Waals surface area contributed by atoms with Gasteiger partial charge in [-0.25, -0.2) is 4.79 Å². The Balaban J connectivity index is 2.12. The number of rotatable bonds is 3. The van der Waals surface area contributed by atoms with Crippen molar-refractivity contribution in [2.45, 2.75) is 38.0 Å². The molecular weight excluding hydrogens is 282 g/mol. The third kappa shape index (κ3) is 2.38. The standard InChI is InChI=1S/C11H14F2O5S/c1-10(2)4-6-3-7(5-10)8(6)18-9(14)11(12,13)19(15,16)17/h4,7-8H,3,5H2,1-2H3,(H,15,16,17). The second kappa shape index (κ2) is 3.99. The van der Waals surface area contributed by atoms with Gasteiger partial charge in [0, 0.05) is 5.92 Å². The largest absolute Gasteiger partial charge is 0.465 e. The van der Waals surface area contributed by atoms with Gasteiger partial charge in [0.05, 0.1) is 0 Å². The van der Waals surface area contributed by atoms with Crippen LogP contribution in [0.1, 0.15) is 26.7 Å². The first-order valence-corrected chi connectivity index (χ1v) is 7.15. The Morgan fingerprint density at radius 2 is 2.11 bits per heavy atom. The highest BCUT2D eigenvalue weighted by atomic mass is 32.2. The number of carbonyl (C=O) groups excluding carboxylic acids is 1. The van der Waals surface area contributed by atoms with Crippen molar-refractivity contribution in [3.63, 3.8) is 0 Å². The number of halogens is 2. The van der Waals surface area contributed by atoms with Crippen molar-refractivity contribution in [1.29, 1.82) is 0 Å². The van der Waals surface area contributed by atoms with Crippen LogP contribution in [0.5, 0.6) is 0 Å². The molecule has 3 aliphatic carbocycles. The molecule has 3 rings (SSSR count). The molecule has 0 aliphatic heterocycles. The van der Waals surface area contributed by atoms with Gasteiger partial charge < -0.3 is 4.74 Å². The zero-order chi connectivity index (χ0) is 14.6. The molecule has 2 atom stereocenters. The average Bonchev–Trinajstić information content (AvgIpc) is 2.21. The van der Waals surface area contributed by atoms with Gasteiger partial charge in [0.1, 0.15) is 6.10 Å². The Morgan fingerprint density at radius 1 is 1.53 bits per heavy atom. The van der Waals surface area contributed by atoms with Crippen LogP contribution in [0, 0.1) is 11.3 Å². The van der Waals surface area contributed by atoms with Crippen molar-refractivity contribution in [3.8, 4) is 0 Å². The number of esters is 1. The van der Waals surface area contributed by atoms with E-state index in [0.29, 0.717) is 12.8 Å². The molecule has 8 heteroatoms. The average molecular weight is 296 g/mol. The van der Waals surface area contributed by atoms with E-state index in [-0.39, 0.29) is 11.3 Å². The smallest absolute Gasteiger partial charge is 0.452 e. The summed E-state index contributed by atoms with van der Waals surface area (Å²) in [5.41, 5.74) is 0.646. The minimum atomic E-state index is -5.81. The Kier molecular flexibility index (Phi) is 3.02. The predicted molar refractivity (Wildman–Crippen MR) is 61.0 cm³/mol. The Bertz CT molecular complexity index is 549. The Morgan fingerprint density at radius 3 is 2.53 bits per heavy atom. The van der Waals surface area contributed by atoms with Gasteiger partial charge in [-0.05, 0) is 23.8 Å². The molecule has 0 aromatic heterocycles. The number of allylic oxidation sites excluding steroid dienone is 1. The maximum absolute atomic E-state index is 13.0. The van der Waals surface area contributed by atoms with Crippen LogP contribution in [0.25, 0.3) is 0 Å². The molecule has 5 nitrogen and oxygen atoms in total. The summed E-state index contributed by atoms with van der Waals surface area (Å²) in [5, 5.41) is -4.92. The summed E-state index contributed by atoms with van der Waals surface area (Å²) in [4.78, 5) is 11.2. The molecule has 1 fully saturated rings. The summed E-state index contributed by atoms with van der Waals surface area (Å²) in [6, 6.07) is 0. The summed E-state index contributed by atoms with van der Waals surface area (Å²) in [6.07, 6.45) is 2.40. The van der Waals surface area contributed by atoms with E-state index in [4.69, 9.17) is 4.55 Å². The van der Waals surface area contributed by atoms with E-state index in [1.165, 1.54) is 0 Å². The van der Waals surface area contributed by atoms with Gasteiger partial charge in [0.2, 0.25) is 0 Å². The molecule has 0 spiro atoms. The van der Waals surface area contributed by atoms with E-state index in [1.807, 2.05) is 19.9 Å². The van der Waals surface area contributed by atoms with Crippen LogP contribution in [-0.2, 0) is 19.6 Å². The van der Waals surface area contributed by atoms with E-state index in [0.717, 1.165) is 5.57 Å². The van der Waals surface area contributed by atoms with Crippen molar-refractivity contribution < 1.29 is 31.3 Å². The fourth-order valence-corrected chi connectivity index (χ4v) is 2.94. The maximum Gasteiger partial charge on any atom is 0.465 e. The van der Waals surface area contributed by atoms with E-state index < -0.39 is 27.4 Å². The first kappa shape index (κ1) is 14.4. The number of carbonyl (C=O) groups is 1. The van der Waals surface area contributed by atoms with Gasteiger partial charge in [-0.3, -0.25) is 4.55 Å². The van der Waals surface area contributed by atoms with Crippen LogP contribution in [0.4, 0.5) is 8.78 Å². The number of fused-ring (bicyclic) bond motifs is 2. The predicted octanol–water partition coefficient (Wildman–Crippen LogP) is 1.76. The number of hydrogen-bond acceptors (Lipinski definition) is 4. The lowest BCUT2D eigenvalue weighted by atomic mass is 9.61. The Labute approximate surface area is 109 Å². The SMILES string of the molecule is CC1(C)C=C2CC(C1)C2OC(=O)C(F)(F)S(=O)(=O)O. The second-order valence-corrected chi connectivity index (χ2v) is 7.16. The fraction of sp³-hybridized carbons (Fsp3) is 0.727. The lowest BCUT2D eigenvalue weighted by Gasteiger charge is -2.48. The van der Waals surface area contributed by atoms with Crippen molar-refractivity contribution in [2.75, 3.05) is 0 Å². The van der Waals surface area contributed by atoms with Crippen LogP contribution in [0.3, 0.4) is 0 Å². The van der Waals surface area contributed by atoms with Crippen LogP contribution in [0.2, 0.25) is 0 Å². The van der Waals surface area contributed by atoms with Crippen LogP contribution in [-0.4, -0.2) is 30.3 Å². The third-order valence-electron chi connectivity index (χ3n) is 3.45. The van der Waals surface area contributed by atoms with Crippen LogP contribution >= 0.6 is 0 Å². The summed E-state index contributed by atoms with van der Waals surface area (Å²) in [6.45, 7) is 3.95. The molecule has 108 valence electrons. The molecule has 0 radical (unpaired) electrons. The molecule has 2 bridgehead atoms. The molecule has 2 unspecified atom stereocenters. The van der Waals surface area contributed by atoms with Crippen molar-refractivity contribution >= 4 is 16.1 Å². The molecule has 0 saturated heterocycles. The van der Waals surface area contributed by atoms with Gasteiger partial charge in [0.15, 0.2) is 0 Å². The fourth-order valence-electron chi connectivity index (χ4n) is 2.69. The minimum Gasteiger partial charge on any atom is -0.452 e. The van der Waals surface area contributed by atoms with Crippen molar-refractivity contribution in [2.24, 2.45) is 11.3 Å². The van der Waals surface area contributed by atoms with E-state index >= 15 is 0 Å². The monoisotopic (exact) mass is 296 g/mol. The van der Waals surface area contributed by atoms with Crippen LogP contribution < -0.4 is 0 Å². The van der Waals surface area contributed by atoms with Gasteiger partial charge >= 0.3 is 21.3 Å². The normalized spacial score (nSPS) is 29.2. The zero-order valence-corrected chi connectivity index (χ0v) is 11.2. The number of hydrogen-bond donors (Lipinski definition) is 1. The first-order valence-electron chi connectivity index (χ1n) is 5.71. The summed E-state index contributed by atoms with van der Waals surface area (Å²) >= 11 is 0. The highest BCUT2D eigenvalue weighted by Gasteiger charge is 2.57. The Hall–Kier alpha value is -1.02. The third-order valence-corrected chi connectivity index (χ3v) is 4.27. The number of ether oxygens (including phenoxy) is 1. The molecule has 0 aromatic carbocycles. The summed E-state index contributed by atoms with van der Waals surface area (Å²) in [5.74, 6) is -2.30. The molecule has 0 amide bonds. The lowest BCUT2D eigenvalue weighted by molar-refractivity contribution is -0.172. The van der Waals surface area contributed by atoms with Crippen molar-refractivity contribution in [3.05, 3.63) is 11.6 Å². The summed E-state index contributed by atoms with van der Waals surface area (Å²) < 4.78 is 59.8. The highest BCUT2D eigenvalue weighted by Crippen LogP contribution is 2.50. The van der Waals surface area contributed by atoms with Crippen LogP contribution in [0.15, 0.2) is 11.6 Å². The molecule has 0 heterocycles. The quantitative estimate of drug-likeness (QED) is 0.487. The van der Waals surface area contributed by atoms with Gasteiger partial charge in [-0.2, -0.15) is 17.2 Å². The second-order valence-electron chi connectivity index (χ2n) is 5.69. The van der Waals surface area contributed by atoms with E-state index in [1.54, 1.807) is 0 Å². The number of alkyl halides is 2. The summed E-state index contributed by atoms with van der Waals surface area (Å²) in [7, 11) is -5.81. The molecule has 19 heavy (non-hydrogen) atoms. The topological polar surface area (TPSA) is 80.7 Å². The van der Waals surface area contributed by atoms with Gasteiger partial charge in [0.25, 0.3) is 0 Å². The minimum absolute atomic E-state index is 0.0730. The lowest BCUT2D eigenvalue weighted by Crippen LogP contribution is -2.49. The molecule has 1 saturated carbocycles. The first-order chi connectivity index (χ1) is 8.44. The van der Waals surface area contributed by atoms with Crippen molar-refractivity contribution in [1.82, 2.24) is 0 Å². The van der Waals surface area contributed by atoms with Gasteiger partial charge in [-0.1, -0.05) is 19.9 Å². The van der Waals surface area contributed by atoms with E-state index in [9.17, 15) is 22.0 Å². The molecule has 0 aromatic rings. The zero-order valence-electron chi connectivity index (χ0n) is 10.4. The highest BCUT2D eigenvalue weighted by molar-refractivity contribution is 7.87. The molecule has 1 N–H and O–H groups in total. The van der Waals surface area contributed by atoms with E-state index in [2.05, 4.69) is 4.74 Å². The van der Waals surface area contributed by atoms with Gasteiger partial charge in [-0.15, -0.1) is 0 Å². The molecular formula is C11H14F2O5S. The maximum atomic E-state index is 13.0.